The quantitative estimate of drug-likeness (QED) is 0.322. The lowest BCUT2D eigenvalue weighted by Gasteiger charge is -2.35. The van der Waals surface area contributed by atoms with E-state index >= 15 is 0 Å². The number of rotatable bonds is 10. The number of carbonyl (C=O) groups is 1. The third kappa shape index (κ3) is 9.15. The average Bonchev–Trinajstić information content (AvgIpc) is 3.00. The monoisotopic (exact) mass is 643 g/mol. The van der Waals surface area contributed by atoms with Crippen molar-refractivity contribution in [1.82, 2.24) is 30.1 Å². The van der Waals surface area contributed by atoms with Crippen molar-refractivity contribution in [3.8, 4) is 22.9 Å². The number of piperidine rings is 1. The standard InChI is InChI=1S/C31H39Cl2N7O4/c1-21(41)18-39-7-9-40(10-8-39)30-35-16-27(17-36-30)44-29-12-23(11-28(37-29)24-13-25(32)15-26(33)14-24)19-38-5-3-22(4-6-38)20-43-31(42)34-2/h11-17,21-22,41H,3-10,18-20H2,1-2H3,(H,34,42)/t21-/m1/s1. The number of likely N-dealkylation sites (tertiary alicyclic amines) is 1. The number of β-amino-alcohol motifs (C(OH)–C–C–N with tert-alkyl or cyclic N) is 1. The molecule has 44 heavy (non-hydrogen) atoms. The van der Waals surface area contributed by atoms with Crippen molar-refractivity contribution in [2.24, 2.45) is 5.92 Å². The summed E-state index contributed by atoms with van der Waals surface area (Å²) >= 11 is 12.6. The number of halogens is 2. The van der Waals surface area contributed by atoms with Gasteiger partial charge >= 0.3 is 6.09 Å². The summed E-state index contributed by atoms with van der Waals surface area (Å²) in [6.45, 7) is 8.68. The van der Waals surface area contributed by atoms with Gasteiger partial charge in [0, 0.05) is 68.0 Å². The second kappa shape index (κ2) is 15.2. The number of aliphatic hydroxyl groups is 1. The van der Waals surface area contributed by atoms with Crippen molar-refractivity contribution < 1.29 is 19.4 Å². The van der Waals surface area contributed by atoms with E-state index in [1.807, 2.05) is 31.2 Å². The lowest BCUT2D eigenvalue weighted by atomic mass is 9.97. The van der Waals surface area contributed by atoms with Gasteiger partial charge in [-0.15, -0.1) is 0 Å². The number of aliphatic hydroxyl groups excluding tert-OH is 1. The topological polar surface area (TPSA) is 116 Å². The minimum absolute atomic E-state index is 0.341. The van der Waals surface area contributed by atoms with Crippen molar-refractivity contribution >= 4 is 35.2 Å². The molecular formula is C31H39Cl2N7O4. The fraction of sp³-hybridized carbons (Fsp3) is 0.484. The van der Waals surface area contributed by atoms with Crippen LogP contribution in [0.2, 0.25) is 10.0 Å². The highest BCUT2D eigenvalue weighted by molar-refractivity contribution is 6.35. The van der Waals surface area contributed by atoms with Crippen molar-refractivity contribution in [3.05, 3.63) is 58.3 Å². The Morgan fingerprint density at radius 1 is 1.00 bits per heavy atom. The number of carbonyl (C=O) groups excluding carboxylic acids is 1. The molecule has 5 rings (SSSR count). The molecule has 0 radical (unpaired) electrons. The summed E-state index contributed by atoms with van der Waals surface area (Å²) in [5, 5.41) is 13.2. The molecule has 236 valence electrons. The molecule has 1 aromatic carbocycles. The maximum atomic E-state index is 11.4. The number of piperazine rings is 1. The Kier molecular flexibility index (Phi) is 11.1. The molecule has 2 aliphatic rings. The Bertz CT molecular complexity index is 1380. The van der Waals surface area contributed by atoms with Crippen LogP contribution in [-0.4, -0.2) is 102 Å². The van der Waals surface area contributed by atoms with Gasteiger partial charge in [-0.05, 0) is 68.6 Å². The highest BCUT2D eigenvalue weighted by atomic mass is 35.5. The molecule has 2 aromatic heterocycles. The summed E-state index contributed by atoms with van der Waals surface area (Å²) in [5.74, 6) is 1.90. The predicted octanol–water partition coefficient (Wildman–Crippen LogP) is 4.71. The van der Waals surface area contributed by atoms with Crippen LogP contribution in [0, 0.1) is 5.92 Å². The van der Waals surface area contributed by atoms with Gasteiger partial charge in [0.25, 0.3) is 0 Å². The van der Waals surface area contributed by atoms with Crippen molar-refractivity contribution in [2.45, 2.75) is 32.4 Å². The van der Waals surface area contributed by atoms with E-state index < -0.39 is 6.09 Å². The second-order valence-corrected chi connectivity index (χ2v) is 12.3. The largest absolute Gasteiger partial charge is 0.449 e. The van der Waals surface area contributed by atoms with Crippen molar-refractivity contribution in [1.29, 1.82) is 0 Å². The summed E-state index contributed by atoms with van der Waals surface area (Å²) in [7, 11) is 1.57. The maximum Gasteiger partial charge on any atom is 0.406 e. The lowest BCUT2D eigenvalue weighted by molar-refractivity contribution is 0.0955. The van der Waals surface area contributed by atoms with E-state index in [2.05, 4.69) is 30.0 Å². The predicted molar refractivity (Wildman–Crippen MR) is 171 cm³/mol. The minimum Gasteiger partial charge on any atom is -0.449 e. The van der Waals surface area contributed by atoms with Crippen LogP contribution in [0.5, 0.6) is 11.6 Å². The zero-order valence-electron chi connectivity index (χ0n) is 25.1. The Labute approximate surface area is 268 Å². The van der Waals surface area contributed by atoms with E-state index in [9.17, 15) is 9.90 Å². The number of nitrogens with zero attached hydrogens (tertiary/aromatic N) is 6. The molecule has 0 bridgehead atoms. The fourth-order valence-electron chi connectivity index (χ4n) is 5.54. The van der Waals surface area contributed by atoms with E-state index in [0.717, 1.165) is 63.2 Å². The van der Waals surface area contributed by atoms with Crippen LogP contribution in [0.1, 0.15) is 25.3 Å². The minimum atomic E-state index is -0.391. The van der Waals surface area contributed by atoms with Crippen molar-refractivity contribution in [3.63, 3.8) is 0 Å². The van der Waals surface area contributed by atoms with Crippen LogP contribution in [0.15, 0.2) is 42.7 Å². The highest BCUT2D eigenvalue weighted by Crippen LogP contribution is 2.31. The van der Waals surface area contributed by atoms with Crippen LogP contribution in [0.25, 0.3) is 11.3 Å². The Morgan fingerprint density at radius 2 is 1.68 bits per heavy atom. The van der Waals surface area contributed by atoms with Gasteiger partial charge in [0.05, 0.1) is 30.8 Å². The molecule has 1 atom stereocenters. The maximum absolute atomic E-state index is 11.4. The second-order valence-electron chi connectivity index (χ2n) is 11.4. The normalized spacial score (nSPS) is 17.3. The molecule has 2 saturated heterocycles. The van der Waals surface area contributed by atoms with E-state index in [-0.39, 0.29) is 6.10 Å². The Hall–Kier alpha value is -3.22. The van der Waals surface area contributed by atoms with Crippen LogP contribution >= 0.6 is 23.2 Å². The first-order valence-corrected chi connectivity index (χ1v) is 15.7. The number of aromatic nitrogens is 3. The third-order valence-electron chi connectivity index (χ3n) is 7.80. The number of amides is 1. The number of nitrogens with one attached hydrogen (secondary N) is 1. The number of hydrogen-bond donors (Lipinski definition) is 2. The molecule has 0 spiro atoms. The molecule has 11 nitrogen and oxygen atoms in total. The molecule has 2 aliphatic heterocycles. The first kappa shape index (κ1) is 32.2. The van der Waals surface area contributed by atoms with Gasteiger partial charge in [0.2, 0.25) is 11.8 Å². The molecule has 4 heterocycles. The number of anilines is 1. The number of benzene rings is 1. The lowest BCUT2D eigenvalue weighted by Crippen LogP contribution is -2.48. The van der Waals surface area contributed by atoms with Gasteiger partial charge in [-0.2, -0.15) is 0 Å². The van der Waals surface area contributed by atoms with Gasteiger partial charge < -0.3 is 24.8 Å². The summed E-state index contributed by atoms with van der Waals surface area (Å²) in [6.07, 6.45) is 4.49. The highest BCUT2D eigenvalue weighted by Gasteiger charge is 2.22. The first-order valence-electron chi connectivity index (χ1n) is 14.9. The van der Waals surface area contributed by atoms with E-state index in [1.54, 1.807) is 25.5 Å². The SMILES string of the molecule is CNC(=O)OCC1CCN(Cc2cc(Oc3cnc(N4CCN(C[C@@H](C)O)CC4)nc3)nc(-c3cc(Cl)cc(Cl)c3)c2)CC1. The van der Waals surface area contributed by atoms with Crippen molar-refractivity contribution in [2.75, 3.05) is 64.4 Å². The van der Waals surface area contributed by atoms with E-state index in [4.69, 9.17) is 37.7 Å². The van der Waals surface area contributed by atoms with E-state index in [0.29, 0.717) is 58.9 Å². The Morgan fingerprint density at radius 3 is 2.32 bits per heavy atom. The Balaban J connectivity index is 1.27. The molecule has 0 aliphatic carbocycles. The summed E-state index contributed by atoms with van der Waals surface area (Å²) in [5.41, 5.74) is 2.53. The molecule has 3 aromatic rings. The third-order valence-corrected chi connectivity index (χ3v) is 8.24. The van der Waals surface area contributed by atoms with Gasteiger partial charge in [-0.3, -0.25) is 9.80 Å². The molecule has 2 N–H and O–H groups in total. The zero-order valence-corrected chi connectivity index (χ0v) is 26.6. The van der Waals surface area contributed by atoms with Crippen LogP contribution in [0.3, 0.4) is 0 Å². The molecule has 1 amide bonds. The molecular weight excluding hydrogens is 605 g/mol. The van der Waals surface area contributed by atoms with E-state index in [1.165, 1.54) is 0 Å². The average molecular weight is 645 g/mol. The molecule has 0 unspecified atom stereocenters. The molecule has 2 fully saturated rings. The van der Waals surface area contributed by atoms with Crippen LogP contribution in [-0.2, 0) is 11.3 Å². The smallest absolute Gasteiger partial charge is 0.406 e. The van der Waals surface area contributed by atoms with Gasteiger partial charge in [-0.1, -0.05) is 23.2 Å². The first-order chi connectivity index (χ1) is 21.2. The number of pyridine rings is 1. The number of hydrogen-bond acceptors (Lipinski definition) is 10. The van der Waals surface area contributed by atoms with Crippen LogP contribution in [0.4, 0.5) is 10.7 Å². The van der Waals surface area contributed by atoms with Gasteiger partial charge in [0.1, 0.15) is 0 Å². The number of alkyl carbamates (subject to hydrolysis) is 1. The van der Waals surface area contributed by atoms with Crippen LogP contribution < -0.4 is 15.0 Å². The molecule has 0 saturated carbocycles. The zero-order chi connectivity index (χ0) is 31.1. The van der Waals surface area contributed by atoms with Gasteiger partial charge in [-0.25, -0.2) is 19.7 Å². The summed E-state index contributed by atoms with van der Waals surface area (Å²) in [6, 6.07) is 9.33. The summed E-state index contributed by atoms with van der Waals surface area (Å²) < 4.78 is 11.4. The summed E-state index contributed by atoms with van der Waals surface area (Å²) in [4.78, 5) is 32.1. The molecule has 13 heteroatoms. The number of ether oxygens (including phenoxy) is 2. The van der Waals surface area contributed by atoms with Gasteiger partial charge in [0.15, 0.2) is 5.75 Å². The fourth-order valence-corrected chi connectivity index (χ4v) is 6.06.